The van der Waals surface area contributed by atoms with Crippen LogP contribution in [-0.4, -0.2) is 24.0 Å². The lowest BCUT2D eigenvalue weighted by molar-refractivity contribution is 0.172. The molecule has 17 heavy (non-hydrogen) atoms. The molecule has 2 N–H and O–H groups in total. The molecule has 1 aromatic carbocycles. The number of rotatable bonds is 5. The summed E-state index contributed by atoms with van der Waals surface area (Å²) in [6, 6.07) is 9.34. The van der Waals surface area contributed by atoms with E-state index in [1.165, 1.54) is 36.9 Å². The highest BCUT2D eigenvalue weighted by molar-refractivity contribution is 5.30. The van der Waals surface area contributed by atoms with Gasteiger partial charge in [0.1, 0.15) is 0 Å². The van der Waals surface area contributed by atoms with Crippen LogP contribution in [0.15, 0.2) is 24.3 Å². The predicted octanol–water partition coefficient (Wildman–Crippen LogP) is 2.56. The van der Waals surface area contributed by atoms with Crippen LogP contribution >= 0.6 is 0 Å². The Balaban J connectivity index is 2.02. The Morgan fingerprint density at radius 1 is 1.24 bits per heavy atom. The monoisotopic (exact) mass is 232 g/mol. The molecule has 1 heterocycles. The SMILES string of the molecule is CCCCCN1Cc2ccccc2CC1CN. The van der Waals surface area contributed by atoms with Crippen molar-refractivity contribution in [1.82, 2.24) is 4.90 Å². The van der Waals surface area contributed by atoms with Gasteiger partial charge in [0, 0.05) is 19.1 Å². The van der Waals surface area contributed by atoms with Crippen LogP contribution in [0.4, 0.5) is 0 Å². The van der Waals surface area contributed by atoms with E-state index in [1.807, 2.05) is 0 Å². The Labute approximate surface area is 105 Å². The summed E-state index contributed by atoms with van der Waals surface area (Å²) < 4.78 is 0. The third-order valence-electron chi connectivity index (χ3n) is 3.78. The largest absolute Gasteiger partial charge is 0.329 e. The van der Waals surface area contributed by atoms with E-state index < -0.39 is 0 Å². The summed E-state index contributed by atoms with van der Waals surface area (Å²) in [5.74, 6) is 0. The summed E-state index contributed by atoms with van der Waals surface area (Å²) in [4.78, 5) is 2.57. The van der Waals surface area contributed by atoms with E-state index in [9.17, 15) is 0 Å². The maximum Gasteiger partial charge on any atom is 0.0262 e. The lowest BCUT2D eigenvalue weighted by atomic mass is 9.94. The molecule has 0 bridgehead atoms. The molecular formula is C15H24N2. The zero-order chi connectivity index (χ0) is 12.1. The Morgan fingerprint density at radius 3 is 2.71 bits per heavy atom. The third-order valence-corrected chi connectivity index (χ3v) is 3.78. The second-order valence-electron chi connectivity index (χ2n) is 5.04. The molecule has 1 aliphatic rings. The molecule has 1 aliphatic heterocycles. The minimum atomic E-state index is 0.543. The van der Waals surface area contributed by atoms with Crippen molar-refractivity contribution in [3.63, 3.8) is 0 Å². The van der Waals surface area contributed by atoms with Gasteiger partial charge in [0.25, 0.3) is 0 Å². The molecule has 0 spiro atoms. The van der Waals surface area contributed by atoms with Gasteiger partial charge in [0.15, 0.2) is 0 Å². The standard InChI is InChI=1S/C15H24N2/c1-2-3-6-9-17-12-14-8-5-4-7-13(14)10-15(17)11-16/h4-5,7-8,15H,2-3,6,9-12,16H2,1H3. The maximum atomic E-state index is 5.91. The molecule has 0 saturated heterocycles. The zero-order valence-electron chi connectivity index (χ0n) is 10.9. The molecule has 1 unspecified atom stereocenters. The van der Waals surface area contributed by atoms with Gasteiger partial charge in [-0.3, -0.25) is 4.90 Å². The Kier molecular flexibility index (Phi) is 4.57. The van der Waals surface area contributed by atoms with E-state index in [2.05, 4.69) is 36.1 Å². The first-order valence-electron chi connectivity index (χ1n) is 6.86. The van der Waals surface area contributed by atoms with Gasteiger partial charge in [-0.25, -0.2) is 0 Å². The van der Waals surface area contributed by atoms with Crippen molar-refractivity contribution in [2.45, 2.75) is 45.2 Å². The fraction of sp³-hybridized carbons (Fsp3) is 0.600. The molecular weight excluding hydrogens is 208 g/mol. The van der Waals surface area contributed by atoms with Crippen molar-refractivity contribution in [2.24, 2.45) is 5.73 Å². The number of nitrogens with zero attached hydrogens (tertiary/aromatic N) is 1. The summed E-state index contributed by atoms with van der Waals surface area (Å²) >= 11 is 0. The number of hydrogen-bond donors (Lipinski definition) is 1. The van der Waals surface area contributed by atoms with Crippen LogP contribution in [0.25, 0.3) is 0 Å². The molecule has 1 atom stereocenters. The van der Waals surface area contributed by atoms with Gasteiger partial charge in [-0.05, 0) is 30.5 Å². The quantitative estimate of drug-likeness (QED) is 0.791. The van der Waals surface area contributed by atoms with Gasteiger partial charge in [-0.2, -0.15) is 0 Å². The molecule has 0 radical (unpaired) electrons. The molecule has 0 aromatic heterocycles. The topological polar surface area (TPSA) is 29.3 Å². The van der Waals surface area contributed by atoms with Crippen molar-refractivity contribution in [3.8, 4) is 0 Å². The van der Waals surface area contributed by atoms with Crippen molar-refractivity contribution in [2.75, 3.05) is 13.1 Å². The van der Waals surface area contributed by atoms with Crippen LogP contribution in [0.3, 0.4) is 0 Å². The number of hydrogen-bond acceptors (Lipinski definition) is 2. The number of fused-ring (bicyclic) bond motifs is 1. The highest BCUT2D eigenvalue weighted by Gasteiger charge is 2.23. The first-order valence-corrected chi connectivity index (χ1v) is 6.86. The lowest BCUT2D eigenvalue weighted by Crippen LogP contribution is -2.45. The molecule has 2 heteroatoms. The summed E-state index contributed by atoms with van der Waals surface area (Å²) in [5.41, 5.74) is 8.90. The highest BCUT2D eigenvalue weighted by Crippen LogP contribution is 2.23. The predicted molar refractivity (Wildman–Crippen MR) is 72.9 cm³/mol. The highest BCUT2D eigenvalue weighted by atomic mass is 15.2. The summed E-state index contributed by atoms with van der Waals surface area (Å²) in [6.07, 6.45) is 5.04. The zero-order valence-corrected chi connectivity index (χ0v) is 10.9. The van der Waals surface area contributed by atoms with Crippen LogP contribution in [0, 0.1) is 0 Å². The fourth-order valence-corrected chi connectivity index (χ4v) is 2.70. The van der Waals surface area contributed by atoms with Gasteiger partial charge >= 0.3 is 0 Å². The van der Waals surface area contributed by atoms with Crippen molar-refractivity contribution in [3.05, 3.63) is 35.4 Å². The number of benzene rings is 1. The van der Waals surface area contributed by atoms with E-state index in [1.54, 1.807) is 0 Å². The van der Waals surface area contributed by atoms with Crippen LogP contribution in [-0.2, 0) is 13.0 Å². The molecule has 94 valence electrons. The summed E-state index contributed by atoms with van der Waals surface area (Å²) in [5, 5.41) is 0. The van der Waals surface area contributed by atoms with Gasteiger partial charge in [-0.15, -0.1) is 0 Å². The molecule has 2 rings (SSSR count). The van der Waals surface area contributed by atoms with Gasteiger partial charge < -0.3 is 5.73 Å². The Hall–Kier alpha value is -0.860. The number of nitrogens with two attached hydrogens (primary N) is 1. The first-order chi connectivity index (χ1) is 8.35. The van der Waals surface area contributed by atoms with E-state index in [0.29, 0.717) is 6.04 Å². The van der Waals surface area contributed by atoms with Crippen LogP contribution in [0.1, 0.15) is 37.3 Å². The third kappa shape index (κ3) is 3.08. The fourth-order valence-electron chi connectivity index (χ4n) is 2.70. The van der Waals surface area contributed by atoms with Gasteiger partial charge in [0.2, 0.25) is 0 Å². The lowest BCUT2D eigenvalue weighted by Gasteiger charge is -2.36. The smallest absolute Gasteiger partial charge is 0.0262 e. The van der Waals surface area contributed by atoms with Crippen molar-refractivity contribution < 1.29 is 0 Å². The Morgan fingerprint density at radius 2 is 2.00 bits per heavy atom. The molecule has 0 saturated carbocycles. The summed E-state index contributed by atoms with van der Waals surface area (Å²) in [7, 11) is 0. The van der Waals surface area contributed by atoms with Crippen LogP contribution < -0.4 is 5.73 Å². The van der Waals surface area contributed by atoms with Crippen molar-refractivity contribution in [1.29, 1.82) is 0 Å². The average Bonchev–Trinajstić information content (AvgIpc) is 2.38. The van der Waals surface area contributed by atoms with E-state index in [4.69, 9.17) is 5.73 Å². The number of unbranched alkanes of at least 4 members (excludes halogenated alkanes) is 2. The molecule has 0 fully saturated rings. The maximum absolute atomic E-state index is 5.91. The normalized spacial score (nSPS) is 20.2. The van der Waals surface area contributed by atoms with Gasteiger partial charge in [-0.1, -0.05) is 44.0 Å². The molecule has 2 nitrogen and oxygen atoms in total. The summed E-state index contributed by atoms with van der Waals surface area (Å²) in [6.45, 7) is 5.32. The minimum Gasteiger partial charge on any atom is -0.329 e. The van der Waals surface area contributed by atoms with E-state index in [-0.39, 0.29) is 0 Å². The van der Waals surface area contributed by atoms with Crippen molar-refractivity contribution >= 4 is 0 Å². The molecule has 1 aromatic rings. The average molecular weight is 232 g/mol. The Bertz CT molecular complexity index is 349. The van der Waals surface area contributed by atoms with Gasteiger partial charge in [0.05, 0.1) is 0 Å². The van der Waals surface area contributed by atoms with Crippen LogP contribution in [0.2, 0.25) is 0 Å². The minimum absolute atomic E-state index is 0.543. The second-order valence-corrected chi connectivity index (χ2v) is 5.04. The van der Waals surface area contributed by atoms with E-state index in [0.717, 1.165) is 19.5 Å². The molecule has 0 aliphatic carbocycles. The first kappa shape index (κ1) is 12.6. The second kappa shape index (κ2) is 6.18. The molecule has 0 amide bonds. The van der Waals surface area contributed by atoms with Crippen LogP contribution in [0.5, 0.6) is 0 Å². The van der Waals surface area contributed by atoms with E-state index >= 15 is 0 Å².